The summed E-state index contributed by atoms with van der Waals surface area (Å²) >= 11 is 1.65. The predicted octanol–water partition coefficient (Wildman–Crippen LogP) is 3.34. The number of hydrogen-bond acceptors (Lipinski definition) is 6. The molecule has 0 spiro atoms. The normalized spacial score (nSPS) is 16.8. The number of hydrogen-bond donors (Lipinski definition) is 3. The van der Waals surface area contributed by atoms with Crippen LogP contribution >= 0.6 is 11.3 Å². The van der Waals surface area contributed by atoms with Crippen LogP contribution in [-0.4, -0.2) is 72.2 Å². The van der Waals surface area contributed by atoms with Gasteiger partial charge in [-0.15, -0.1) is 11.3 Å². The Morgan fingerprint density at radius 2 is 2.00 bits per heavy atom. The molecule has 4 rings (SSSR count). The molecule has 0 aliphatic carbocycles. The Hall–Kier alpha value is -2.24. The van der Waals surface area contributed by atoms with E-state index in [2.05, 4.69) is 27.4 Å². The molecule has 10 heteroatoms. The zero-order chi connectivity index (χ0) is 25.3. The first-order valence-corrected chi connectivity index (χ1v) is 14.4. The van der Waals surface area contributed by atoms with Crippen molar-refractivity contribution in [3.05, 3.63) is 45.8 Å². The summed E-state index contributed by atoms with van der Waals surface area (Å²) < 4.78 is 26.1. The second-order valence-electron chi connectivity index (χ2n) is 9.48. The zero-order valence-electron chi connectivity index (χ0n) is 20.5. The average molecular weight is 519 g/mol. The number of sulfonamides is 1. The number of aliphatic hydroxyl groups is 1. The van der Waals surface area contributed by atoms with Crippen LogP contribution in [0.3, 0.4) is 0 Å². The molecule has 8 nitrogen and oxygen atoms in total. The van der Waals surface area contributed by atoms with Crippen molar-refractivity contribution in [3.8, 4) is 11.1 Å². The fraction of sp³-hybridized carbons (Fsp3) is 0.480. The number of fused-ring (bicyclic) bond motifs is 1. The van der Waals surface area contributed by atoms with E-state index in [1.165, 1.54) is 4.88 Å². The van der Waals surface area contributed by atoms with Crippen molar-refractivity contribution in [1.82, 2.24) is 14.2 Å². The molecule has 1 aliphatic heterocycles. The number of thiophene rings is 1. The van der Waals surface area contributed by atoms with E-state index in [4.69, 9.17) is 5.73 Å². The molecule has 1 amide bonds. The first-order chi connectivity index (χ1) is 16.6. The van der Waals surface area contributed by atoms with Gasteiger partial charge in [0, 0.05) is 42.6 Å². The monoisotopic (exact) mass is 518 g/mol. The highest BCUT2D eigenvalue weighted by Crippen LogP contribution is 2.38. The second kappa shape index (κ2) is 10.4. The third kappa shape index (κ3) is 5.62. The summed E-state index contributed by atoms with van der Waals surface area (Å²) in [5.41, 5.74) is 9.99. The number of primary amides is 1. The minimum absolute atomic E-state index is 0.119. The molecule has 1 aromatic carbocycles. The summed E-state index contributed by atoms with van der Waals surface area (Å²) in [6, 6.07) is 6.07. The summed E-state index contributed by atoms with van der Waals surface area (Å²) in [6.45, 7) is 5.78. The Bertz CT molecular complexity index is 1300. The van der Waals surface area contributed by atoms with E-state index in [1.807, 2.05) is 19.3 Å². The molecular weight excluding hydrogens is 484 g/mol. The van der Waals surface area contributed by atoms with E-state index in [-0.39, 0.29) is 17.8 Å². The number of piperidine rings is 1. The van der Waals surface area contributed by atoms with Crippen LogP contribution in [-0.2, 0) is 16.6 Å². The molecule has 0 unspecified atom stereocenters. The van der Waals surface area contributed by atoms with Crippen molar-refractivity contribution in [1.29, 1.82) is 0 Å². The number of aromatic amines is 1. The highest BCUT2D eigenvalue weighted by atomic mass is 32.2. The van der Waals surface area contributed by atoms with Crippen molar-refractivity contribution in [2.24, 2.45) is 5.73 Å². The SMILES string of the molecule is CCS(=O)(=O)N1CCC(c2c[nH]c3c(C(N)=O)cc(-c4csc(CN(C)C[C@H](C)O)c4)cc23)CC1. The first kappa shape index (κ1) is 25.8. The van der Waals surface area contributed by atoms with Crippen LogP contribution in [0.15, 0.2) is 29.8 Å². The van der Waals surface area contributed by atoms with Crippen molar-refractivity contribution in [3.63, 3.8) is 0 Å². The summed E-state index contributed by atoms with van der Waals surface area (Å²) in [4.78, 5) is 18.8. The molecule has 0 bridgehead atoms. The molecule has 3 aromatic rings. The standard InChI is InChI=1S/C25H34N4O4S2/c1-4-35(32,33)29-7-5-17(6-8-29)23-12-27-24-21(23)10-18(11-22(24)25(26)31)19-9-20(34-15-19)14-28(3)13-16(2)30/h9-12,15-17,27,30H,4-8,13-14H2,1-3H3,(H2,26,31)/t16-/m0/s1. The molecule has 0 saturated carbocycles. The number of aliphatic hydroxyl groups excluding tert-OH is 1. The fourth-order valence-electron chi connectivity index (χ4n) is 4.98. The Kier molecular flexibility index (Phi) is 7.68. The maximum atomic E-state index is 12.3. The van der Waals surface area contributed by atoms with E-state index in [1.54, 1.807) is 29.5 Å². The number of nitrogens with zero attached hydrogens (tertiary/aromatic N) is 2. The van der Waals surface area contributed by atoms with Gasteiger partial charge >= 0.3 is 0 Å². The van der Waals surface area contributed by atoms with Gasteiger partial charge in [0.15, 0.2) is 0 Å². The summed E-state index contributed by atoms with van der Waals surface area (Å²) in [5, 5.41) is 12.7. The third-order valence-electron chi connectivity index (χ3n) is 6.73. The lowest BCUT2D eigenvalue weighted by Crippen LogP contribution is -2.38. The minimum Gasteiger partial charge on any atom is -0.392 e. The minimum atomic E-state index is -3.18. The van der Waals surface area contributed by atoms with Crippen LogP contribution in [0.1, 0.15) is 53.4 Å². The van der Waals surface area contributed by atoms with Gasteiger partial charge in [-0.05, 0) is 79.9 Å². The van der Waals surface area contributed by atoms with Crippen LogP contribution in [0.2, 0.25) is 0 Å². The molecule has 1 atom stereocenters. The topological polar surface area (TPSA) is 120 Å². The number of nitrogens with two attached hydrogens (primary N) is 1. The van der Waals surface area contributed by atoms with E-state index in [0.29, 0.717) is 25.2 Å². The molecule has 1 aliphatic rings. The highest BCUT2D eigenvalue weighted by molar-refractivity contribution is 7.89. The lowest BCUT2D eigenvalue weighted by atomic mass is 9.88. The number of rotatable bonds is 9. The van der Waals surface area contributed by atoms with Gasteiger partial charge in [-0.1, -0.05) is 0 Å². The maximum absolute atomic E-state index is 12.3. The largest absolute Gasteiger partial charge is 0.392 e. The molecule has 35 heavy (non-hydrogen) atoms. The molecule has 190 valence electrons. The summed E-state index contributed by atoms with van der Waals surface area (Å²) in [6.07, 6.45) is 3.03. The lowest BCUT2D eigenvalue weighted by molar-refractivity contribution is 0.100. The number of carbonyl (C=O) groups excluding carboxylic acids is 1. The highest BCUT2D eigenvalue weighted by Gasteiger charge is 2.29. The second-order valence-corrected chi connectivity index (χ2v) is 12.7. The van der Waals surface area contributed by atoms with E-state index in [9.17, 15) is 18.3 Å². The van der Waals surface area contributed by atoms with Crippen molar-refractivity contribution < 1.29 is 18.3 Å². The predicted molar refractivity (Wildman–Crippen MR) is 141 cm³/mol. The molecule has 0 radical (unpaired) electrons. The average Bonchev–Trinajstić information content (AvgIpc) is 3.45. The van der Waals surface area contributed by atoms with Gasteiger partial charge in [0.2, 0.25) is 10.0 Å². The van der Waals surface area contributed by atoms with Crippen molar-refractivity contribution in [2.75, 3.05) is 32.4 Å². The summed E-state index contributed by atoms with van der Waals surface area (Å²) in [5.74, 6) is -0.163. The zero-order valence-corrected chi connectivity index (χ0v) is 22.1. The van der Waals surface area contributed by atoms with E-state index < -0.39 is 15.9 Å². The van der Waals surface area contributed by atoms with Gasteiger partial charge in [-0.25, -0.2) is 12.7 Å². The molecule has 1 saturated heterocycles. The Morgan fingerprint density at radius 1 is 1.29 bits per heavy atom. The number of carbonyl (C=O) groups is 1. The van der Waals surface area contributed by atoms with Crippen LogP contribution < -0.4 is 5.73 Å². The quantitative estimate of drug-likeness (QED) is 0.401. The van der Waals surface area contributed by atoms with Gasteiger partial charge in [0.25, 0.3) is 5.91 Å². The molecule has 2 aromatic heterocycles. The number of nitrogens with one attached hydrogen (secondary N) is 1. The Labute approximate surface area is 210 Å². The van der Waals surface area contributed by atoms with Crippen LogP contribution in [0.4, 0.5) is 0 Å². The van der Waals surface area contributed by atoms with Crippen LogP contribution in [0.25, 0.3) is 22.0 Å². The van der Waals surface area contributed by atoms with Crippen LogP contribution in [0, 0.1) is 0 Å². The molecule has 4 N–H and O–H groups in total. The molecular formula is C25H34N4O4S2. The van der Waals surface area contributed by atoms with E-state index in [0.717, 1.165) is 47.0 Å². The molecule has 3 heterocycles. The third-order valence-corrected chi connectivity index (χ3v) is 9.53. The number of likely N-dealkylation sites (N-methyl/N-ethyl adjacent to an activating group) is 1. The molecule has 1 fully saturated rings. The maximum Gasteiger partial charge on any atom is 0.250 e. The van der Waals surface area contributed by atoms with Gasteiger partial charge < -0.3 is 15.8 Å². The first-order valence-electron chi connectivity index (χ1n) is 12.0. The number of H-pyrrole nitrogens is 1. The Balaban J connectivity index is 1.64. The summed E-state index contributed by atoms with van der Waals surface area (Å²) in [7, 11) is -1.20. The van der Waals surface area contributed by atoms with Gasteiger partial charge in [-0.3, -0.25) is 9.69 Å². The Morgan fingerprint density at radius 3 is 2.63 bits per heavy atom. The van der Waals surface area contributed by atoms with Crippen molar-refractivity contribution in [2.45, 2.75) is 45.3 Å². The van der Waals surface area contributed by atoms with Gasteiger partial charge in [-0.2, -0.15) is 0 Å². The number of aromatic nitrogens is 1. The number of amides is 1. The lowest BCUT2D eigenvalue weighted by Gasteiger charge is -2.31. The van der Waals surface area contributed by atoms with E-state index >= 15 is 0 Å². The van der Waals surface area contributed by atoms with Gasteiger partial charge in [0.1, 0.15) is 0 Å². The number of benzene rings is 1. The fourth-order valence-corrected chi connectivity index (χ4v) is 7.08. The van der Waals surface area contributed by atoms with Crippen LogP contribution in [0.5, 0.6) is 0 Å². The smallest absolute Gasteiger partial charge is 0.250 e. The van der Waals surface area contributed by atoms with Crippen molar-refractivity contribution >= 4 is 38.2 Å². The van der Waals surface area contributed by atoms with Gasteiger partial charge in [0.05, 0.1) is 22.9 Å².